The molecule has 146 valence electrons. The van der Waals surface area contributed by atoms with E-state index in [0.717, 1.165) is 11.0 Å². The zero-order chi connectivity index (χ0) is 20.9. The molecule has 0 spiro atoms. The molecule has 1 aliphatic heterocycles. The topological polar surface area (TPSA) is 84.7 Å². The monoisotopic (exact) mass is 391 g/mol. The van der Waals surface area contributed by atoms with E-state index in [1.54, 1.807) is 0 Å². The van der Waals surface area contributed by atoms with Crippen molar-refractivity contribution in [2.24, 2.45) is 0 Å². The molecule has 2 aromatic rings. The molecule has 1 saturated heterocycles. The summed E-state index contributed by atoms with van der Waals surface area (Å²) in [5.41, 5.74) is -2.77. The second-order valence-electron chi connectivity index (χ2n) is 6.51. The Balaban J connectivity index is 2.12. The Morgan fingerprint density at radius 2 is 1.71 bits per heavy atom. The Kier molecular flexibility index (Phi) is 4.41. The van der Waals surface area contributed by atoms with Gasteiger partial charge in [0.25, 0.3) is 5.91 Å². The summed E-state index contributed by atoms with van der Waals surface area (Å²) in [7, 11) is 1.38. The summed E-state index contributed by atoms with van der Waals surface area (Å²) in [6.07, 6.45) is -4.19. The largest absolute Gasteiger partial charge is 0.508 e. The first kappa shape index (κ1) is 19.4. The van der Waals surface area contributed by atoms with E-state index in [1.165, 1.54) is 44.3 Å². The van der Waals surface area contributed by atoms with E-state index in [9.17, 15) is 27.9 Å². The predicted molar refractivity (Wildman–Crippen MR) is 95.4 cm³/mol. The minimum atomic E-state index is -4.75. The molecule has 0 saturated carbocycles. The third-order valence-corrected chi connectivity index (χ3v) is 4.95. The lowest BCUT2D eigenvalue weighted by Gasteiger charge is -2.28. The van der Waals surface area contributed by atoms with Crippen molar-refractivity contribution in [2.75, 3.05) is 11.9 Å². The van der Waals surface area contributed by atoms with Gasteiger partial charge in [-0.25, -0.2) is 9.69 Å². The van der Waals surface area contributed by atoms with E-state index in [-0.39, 0.29) is 17.0 Å². The Bertz CT molecular complexity index is 973. The molecule has 2 N–H and O–H groups in total. The average Bonchev–Trinajstić information content (AvgIpc) is 2.82. The summed E-state index contributed by atoms with van der Waals surface area (Å²) in [5, 5.41) is 16.6. The number of phenols is 1. The molecule has 0 bridgehead atoms. The summed E-state index contributed by atoms with van der Waals surface area (Å²) >= 11 is 0. The Labute approximate surface area is 158 Å². The molecule has 0 unspecified atom stereocenters. The molecule has 3 amide bonds. The number of hydrogen-bond acceptors (Lipinski definition) is 4. The van der Waals surface area contributed by atoms with Crippen LogP contribution in [0.5, 0.6) is 5.75 Å². The van der Waals surface area contributed by atoms with Crippen molar-refractivity contribution in [1.29, 1.82) is 5.41 Å². The molecule has 1 fully saturated rings. The molecule has 28 heavy (non-hydrogen) atoms. The van der Waals surface area contributed by atoms with Crippen molar-refractivity contribution in [3.8, 4) is 5.75 Å². The van der Waals surface area contributed by atoms with Gasteiger partial charge in [0.05, 0.1) is 11.3 Å². The molecule has 3 rings (SSSR count). The fourth-order valence-electron chi connectivity index (χ4n) is 3.17. The maximum absolute atomic E-state index is 13.3. The van der Waals surface area contributed by atoms with Crippen LogP contribution in [0.2, 0.25) is 0 Å². The molecule has 1 aliphatic rings. The molecule has 2 aromatic carbocycles. The van der Waals surface area contributed by atoms with Crippen LogP contribution in [0, 0.1) is 5.41 Å². The highest BCUT2D eigenvalue weighted by Gasteiger charge is 2.54. The lowest BCUT2D eigenvalue weighted by molar-refractivity contribution is -0.137. The van der Waals surface area contributed by atoms with Crippen molar-refractivity contribution in [1.82, 2.24) is 4.90 Å². The second-order valence-corrected chi connectivity index (χ2v) is 6.51. The molecule has 6 nitrogen and oxygen atoms in total. The fourth-order valence-corrected chi connectivity index (χ4v) is 3.17. The van der Waals surface area contributed by atoms with Crippen LogP contribution in [-0.4, -0.2) is 35.2 Å². The third kappa shape index (κ3) is 2.79. The number of rotatable bonds is 3. The van der Waals surface area contributed by atoms with Gasteiger partial charge in [0.15, 0.2) is 0 Å². The van der Waals surface area contributed by atoms with Crippen molar-refractivity contribution in [2.45, 2.75) is 18.6 Å². The highest BCUT2D eigenvalue weighted by atomic mass is 19.4. The number of carbonyl (C=O) groups excluding carboxylic acids is 2. The summed E-state index contributed by atoms with van der Waals surface area (Å²) in [5.74, 6) is -0.748. The van der Waals surface area contributed by atoms with Crippen LogP contribution in [-0.2, 0) is 16.5 Å². The molecular formula is C19H16F3N3O3. The highest BCUT2D eigenvalue weighted by molar-refractivity contribution is 6.23. The van der Waals surface area contributed by atoms with Gasteiger partial charge >= 0.3 is 12.2 Å². The van der Waals surface area contributed by atoms with Crippen molar-refractivity contribution in [3.05, 3.63) is 59.2 Å². The molecule has 0 aromatic heterocycles. The minimum absolute atomic E-state index is 0.0271. The average molecular weight is 391 g/mol. The maximum atomic E-state index is 13.3. The van der Waals surface area contributed by atoms with Gasteiger partial charge in [-0.2, -0.15) is 13.2 Å². The number of halogens is 3. The number of phenolic OH excluding ortho intramolecular Hbond substituents is 1. The number of alkyl halides is 3. The first-order valence-electron chi connectivity index (χ1n) is 8.15. The van der Waals surface area contributed by atoms with Gasteiger partial charge < -0.3 is 15.4 Å². The second kappa shape index (κ2) is 6.36. The smallest absolute Gasteiger partial charge is 0.417 e. The van der Waals surface area contributed by atoms with Crippen LogP contribution in [0.4, 0.5) is 23.7 Å². The third-order valence-electron chi connectivity index (χ3n) is 4.95. The number of benzene rings is 2. The van der Waals surface area contributed by atoms with Gasteiger partial charge in [-0.05, 0) is 36.8 Å². The first-order chi connectivity index (χ1) is 13.0. The van der Waals surface area contributed by atoms with Crippen LogP contribution in [0.15, 0.2) is 42.5 Å². The van der Waals surface area contributed by atoms with Crippen LogP contribution in [0.25, 0.3) is 0 Å². The number of nitrogens with one attached hydrogen (secondary N) is 1. The maximum Gasteiger partial charge on any atom is 0.417 e. The summed E-state index contributed by atoms with van der Waals surface area (Å²) in [6.45, 7) is 1.48. The normalized spacial score (nSPS) is 20.0. The van der Waals surface area contributed by atoms with Crippen molar-refractivity contribution >= 4 is 23.8 Å². The standard InChI is InChI=1S/C19H16F3N3O3/c1-18(12-4-7-14(26)8-5-12)16(27)25(17(28)24(18)2)13-6-3-11(10-23)15(9-13)19(20,21)22/h3-10,23,26H,1-2H3/t18-/m1/s1. The van der Waals surface area contributed by atoms with Gasteiger partial charge in [0.1, 0.15) is 11.3 Å². The SMILES string of the molecule is CN1C(=O)N(c2ccc(C=N)c(C(F)(F)F)c2)C(=O)[C@@]1(C)c1ccc(O)cc1. The number of anilines is 1. The molecule has 1 atom stereocenters. The first-order valence-corrected chi connectivity index (χ1v) is 8.15. The summed E-state index contributed by atoms with van der Waals surface area (Å²) in [6, 6.07) is 7.80. The number of carbonyl (C=O) groups is 2. The Hall–Kier alpha value is -3.36. The van der Waals surface area contributed by atoms with Crippen LogP contribution in [0.1, 0.15) is 23.6 Å². The number of nitrogens with zero attached hydrogens (tertiary/aromatic N) is 2. The predicted octanol–water partition coefficient (Wildman–Crippen LogP) is 3.72. The van der Waals surface area contributed by atoms with Crippen LogP contribution >= 0.6 is 0 Å². The van der Waals surface area contributed by atoms with E-state index < -0.39 is 29.2 Å². The number of amides is 3. The number of urea groups is 1. The van der Waals surface area contributed by atoms with Gasteiger partial charge in [0, 0.05) is 18.8 Å². The molecule has 1 heterocycles. The lowest BCUT2D eigenvalue weighted by atomic mass is 9.90. The van der Waals surface area contributed by atoms with Crippen molar-refractivity contribution in [3.63, 3.8) is 0 Å². The van der Waals surface area contributed by atoms with E-state index >= 15 is 0 Å². The fraction of sp³-hybridized carbons (Fsp3) is 0.211. The molecular weight excluding hydrogens is 375 g/mol. The number of likely N-dealkylation sites (N-methyl/N-ethyl adjacent to an activating group) is 1. The summed E-state index contributed by atoms with van der Waals surface area (Å²) in [4.78, 5) is 27.7. The van der Waals surface area contributed by atoms with Crippen LogP contribution in [0.3, 0.4) is 0 Å². The number of aromatic hydroxyl groups is 1. The Morgan fingerprint density at radius 3 is 2.25 bits per heavy atom. The lowest BCUT2D eigenvalue weighted by Crippen LogP contribution is -2.42. The Morgan fingerprint density at radius 1 is 1.11 bits per heavy atom. The molecule has 0 aliphatic carbocycles. The number of imide groups is 1. The zero-order valence-electron chi connectivity index (χ0n) is 14.9. The van der Waals surface area contributed by atoms with E-state index in [1.807, 2.05) is 0 Å². The van der Waals surface area contributed by atoms with E-state index in [0.29, 0.717) is 22.7 Å². The summed E-state index contributed by atoms with van der Waals surface area (Å²) < 4.78 is 39.9. The van der Waals surface area contributed by atoms with Crippen molar-refractivity contribution < 1.29 is 27.9 Å². The minimum Gasteiger partial charge on any atom is -0.508 e. The number of hydrogen-bond donors (Lipinski definition) is 2. The van der Waals surface area contributed by atoms with Crippen LogP contribution < -0.4 is 4.90 Å². The van der Waals surface area contributed by atoms with E-state index in [2.05, 4.69) is 0 Å². The molecule has 0 radical (unpaired) electrons. The van der Waals surface area contributed by atoms with Gasteiger partial charge in [-0.15, -0.1) is 0 Å². The highest BCUT2D eigenvalue weighted by Crippen LogP contribution is 2.41. The van der Waals surface area contributed by atoms with Gasteiger partial charge in [0.2, 0.25) is 0 Å². The van der Waals surface area contributed by atoms with E-state index in [4.69, 9.17) is 5.41 Å². The quantitative estimate of drug-likeness (QED) is 0.618. The van der Waals surface area contributed by atoms with Gasteiger partial charge in [-0.3, -0.25) is 4.79 Å². The zero-order valence-corrected chi connectivity index (χ0v) is 14.9. The molecule has 9 heteroatoms. The van der Waals surface area contributed by atoms with Gasteiger partial charge in [-0.1, -0.05) is 18.2 Å².